The predicted molar refractivity (Wildman–Crippen MR) is 144 cm³/mol. The van der Waals surface area contributed by atoms with Gasteiger partial charge in [0.25, 0.3) is 0 Å². The average molecular weight is 506 g/mol. The fraction of sp³-hybridized carbons (Fsp3) is 0.414. The summed E-state index contributed by atoms with van der Waals surface area (Å²) < 4.78 is 13.3. The van der Waals surface area contributed by atoms with E-state index >= 15 is 0 Å². The molecule has 188 valence electrons. The van der Waals surface area contributed by atoms with E-state index in [1.54, 1.807) is 12.1 Å². The first-order valence-corrected chi connectivity index (χ1v) is 13.3. The highest BCUT2D eigenvalue weighted by molar-refractivity contribution is 7.80. The Morgan fingerprint density at radius 1 is 1.14 bits per heavy atom. The minimum Gasteiger partial charge on any atom is -0.511 e. The Morgan fingerprint density at radius 2 is 1.89 bits per heavy atom. The van der Waals surface area contributed by atoms with Crippen molar-refractivity contribution in [3.05, 3.63) is 82.4 Å². The van der Waals surface area contributed by atoms with Gasteiger partial charge in [0, 0.05) is 31.6 Å². The summed E-state index contributed by atoms with van der Waals surface area (Å²) in [5.74, 6) is -0.570. The first kappa shape index (κ1) is 24.6. The van der Waals surface area contributed by atoms with Gasteiger partial charge in [-0.25, -0.2) is 4.39 Å². The molecule has 1 fully saturated rings. The first-order valence-electron chi connectivity index (χ1n) is 12.8. The van der Waals surface area contributed by atoms with Gasteiger partial charge in [0.1, 0.15) is 11.6 Å². The summed E-state index contributed by atoms with van der Waals surface area (Å²) >= 11 is 5.83. The molecular formula is C29H32FN3O2S. The maximum Gasteiger partial charge on any atom is 0.169 e. The van der Waals surface area contributed by atoms with Crippen LogP contribution in [0.1, 0.15) is 67.2 Å². The number of allylic oxidation sites excluding steroid dienone is 2. The molecule has 2 aromatic carbocycles. The molecule has 5 nitrogen and oxygen atoms in total. The monoisotopic (exact) mass is 505 g/mol. The van der Waals surface area contributed by atoms with E-state index in [9.17, 15) is 14.3 Å². The number of aliphatic hydroxyl groups is 1. The van der Waals surface area contributed by atoms with E-state index in [2.05, 4.69) is 33.4 Å². The molecule has 0 saturated heterocycles. The number of hydrogen-bond donors (Lipinski definition) is 2. The van der Waals surface area contributed by atoms with Gasteiger partial charge in [-0.05, 0) is 66.2 Å². The number of halogens is 1. The lowest BCUT2D eigenvalue weighted by molar-refractivity contribution is -0.116. The molecule has 2 aliphatic carbocycles. The third kappa shape index (κ3) is 5.36. The Hall–Kier alpha value is -3.06. The third-order valence-corrected chi connectivity index (χ3v) is 8.03. The number of benzene rings is 2. The molecule has 2 N–H and O–H groups in total. The number of carbonyl (C=O) groups excluding carboxylic acids is 1. The first-order chi connectivity index (χ1) is 17.5. The lowest BCUT2D eigenvalue weighted by Gasteiger charge is -2.39. The highest BCUT2D eigenvalue weighted by Crippen LogP contribution is 2.34. The Kier molecular flexibility index (Phi) is 7.46. The molecule has 1 unspecified atom stereocenters. The Labute approximate surface area is 217 Å². The number of rotatable bonds is 5. The zero-order valence-electron chi connectivity index (χ0n) is 20.3. The zero-order valence-corrected chi connectivity index (χ0v) is 21.1. The van der Waals surface area contributed by atoms with Gasteiger partial charge >= 0.3 is 0 Å². The van der Waals surface area contributed by atoms with Crippen molar-refractivity contribution < 1.29 is 14.3 Å². The van der Waals surface area contributed by atoms with Crippen LogP contribution in [0.2, 0.25) is 0 Å². The topological polar surface area (TPSA) is 64.9 Å². The average Bonchev–Trinajstić information content (AvgIpc) is 3.39. The van der Waals surface area contributed by atoms with Crippen LogP contribution in [0.25, 0.3) is 0 Å². The molecule has 1 aliphatic heterocycles. The molecule has 5 rings (SSSR count). The van der Waals surface area contributed by atoms with E-state index in [-0.39, 0.29) is 41.3 Å². The second kappa shape index (κ2) is 10.9. The number of carbonyl (C=O) groups is 1. The predicted octanol–water partition coefficient (Wildman–Crippen LogP) is 5.57. The largest absolute Gasteiger partial charge is 0.511 e. The van der Waals surface area contributed by atoms with Crippen molar-refractivity contribution in [2.75, 3.05) is 13.1 Å². The second-order valence-corrected chi connectivity index (χ2v) is 10.4. The van der Waals surface area contributed by atoms with Crippen LogP contribution in [-0.2, 0) is 11.2 Å². The molecule has 3 aliphatic rings. The smallest absolute Gasteiger partial charge is 0.169 e. The van der Waals surface area contributed by atoms with Gasteiger partial charge < -0.3 is 15.3 Å². The fourth-order valence-corrected chi connectivity index (χ4v) is 6.08. The van der Waals surface area contributed by atoms with E-state index in [4.69, 9.17) is 12.2 Å². The normalized spacial score (nSPS) is 22.8. The van der Waals surface area contributed by atoms with E-state index in [0.717, 1.165) is 36.5 Å². The van der Waals surface area contributed by atoms with Crippen molar-refractivity contribution in [2.24, 2.45) is 4.99 Å². The molecule has 2 atom stereocenters. The lowest BCUT2D eigenvalue weighted by atomic mass is 9.83. The number of ketones is 1. The molecule has 0 bridgehead atoms. The van der Waals surface area contributed by atoms with Gasteiger partial charge in [0.2, 0.25) is 0 Å². The number of nitrogens with zero attached hydrogens (tertiary/aromatic N) is 2. The molecule has 0 amide bonds. The number of fused-ring (bicyclic) bond motifs is 1. The van der Waals surface area contributed by atoms with Crippen molar-refractivity contribution in [2.45, 2.75) is 62.9 Å². The van der Waals surface area contributed by atoms with Crippen molar-refractivity contribution in [1.29, 1.82) is 0 Å². The highest BCUT2D eigenvalue weighted by atomic mass is 32.1. The van der Waals surface area contributed by atoms with Gasteiger partial charge in [-0.15, -0.1) is 0 Å². The van der Waals surface area contributed by atoms with Gasteiger partial charge in [-0.3, -0.25) is 9.79 Å². The zero-order chi connectivity index (χ0) is 25.1. The number of thiocarbonyl (C=S) groups is 1. The second-order valence-electron chi connectivity index (χ2n) is 10.0. The van der Waals surface area contributed by atoms with Gasteiger partial charge in [-0.1, -0.05) is 49.2 Å². The Morgan fingerprint density at radius 3 is 2.64 bits per heavy atom. The number of hydrogen-bond acceptors (Lipinski definition) is 4. The van der Waals surface area contributed by atoms with Crippen molar-refractivity contribution in [1.82, 2.24) is 10.2 Å². The maximum atomic E-state index is 13.3. The summed E-state index contributed by atoms with van der Waals surface area (Å²) in [5, 5.41) is 15.0. The van der Waals surface area contributed by atoms with Gasteiger partial charge in [0.15, 0.2) is 10.9 Å². The minimum atomic E-state index is -0.315. The molecule has 0 spiro atoms. The summed E-state index contributed by atoms with van der Waals surface area (Å²) in [5.41, 5.74) is 3.64. The molecular weight excluding hydrogens is 473 g/mol. The number of Topliss-reactive ketones (excluding diaryl/α,β-unsaturated/α-hetero) is 1. The third-order valence-electron chi connectivity index (χ3n) is 7.68. The molecule has 1 heterocycles. The van der Waals surface area contributed by atoms with Crippen LogP contribution in [0, 0.1) is 5.82 Å². The van der Waals surface area contributed by atoms with Crippen LogP contribution in [-0.4, -0.2) is 46.2 Å². The van der Waals surface area contributed by atoms with Crippen LogP contribution in [0.5, 0.6) is 0 Å². The molecule has 7 heteroatoms. The molecule has 36 heavy (non-hydrogen) atoms. The molecule has 2 aromatic rings. The summed E-state index contributed by atoms with van der Waals surface area (Å²) in [7, 11) is 0. The Bertz CT molecular complexity index is 1190. The quantitative estimate of drug-likeness (QED) is 0.411. The van der Waals surface area contributed by atoms with Crippen molar-refractivity contribution >= 4 is 29.3 Å². The molecule has 0 radical (unpaired) electrons. The standard InChI is InChI=1S/C29H32FN3O2S/c30-22-11-9-19(10-12-22)21-15-27(34)25(28(35)16-21)17-31-18-26-24-8-4-1-5-20(24)13-14-33(26)29(36)32-23-6-2-3-7-23/h1,4-5,8-12,17,21,23,26,34H,2-3,6-7,13-16,18H2,(H,32,36)/t21?,26-/m1/s1. The van der Waals surface area contributed by atoms with Crippen LogP contribution in [0.3, 0.4) is 0 Å². The van der Waals surface area contributed by atoms with Gasteiger partial charge in [-0.2, -0.15) is 0 Å². The van der Waals surface area contributed by atoms with Crippen LogP contribution in [0.15, 0.2) is 64.9 Å². The number of aliphatic hydroxyl groups excluding tert-OH is 1. The minimum absolute atomic E-state index is 0.0268. The van der Waals surface area contributed by atoms with E-state index in [1.807, 2.05) is 6.07 Å². The fourth-order valence-electron chi connectivity index (χ4n) is 5.69. The maximum absolute atomic E-state index is 13.3. The number of nitrogens with one attached hydrogen (secondary N) is 1. The SMILES string of the molecule is O=C1CC(c2ccc(F)cc2)CC(O)=C1C=NC[C@@H]1c2ccccc2CCN1C(=S)NC1CCCC1. The highest BCUT2D eigenvalue weighted by Gasteiger charge is 2.31. The van der Waals surface area contributed by atoms with Crippen LogP contribution < -0.4 is 5.32 Å². The van der Waals surface area contributed by atoms with E-state index in [1.165, 1.54) is 42.3 Å². The van der Waals surface area contributed by atoms with Crippen LogP contribution in [0.4, 0.5) is 4.39 Å². The Balaban J connectivity index is 1.32. The van der Waals surface area contributed by atoms with E-state index < -0.39 is 0 Å². The van der Waals surface area contributed by atoms with E-state index in [0.29, 0.717) is 19.0 Å². The summed E-state index contributed by atoms with van der Waals surface area (Å²) in [6.45, 7) is 1.26. The lowest BCUT2D eigenvalue weighted by Crippen LogP contribution is -2.48. The summed E-state index contributed by atoms with van der Waals surface area (Å²) in [6, 6.07) is 14.9. The molecule has 0 aromatic heterocycles. The van der Waals surface area contributed by atoms with Gasteiger partial charge in [0.05, 0.1) is 18.2 Å². The summed E-state index contributed by atoms with van der Waals surface area (Å²) in [6.07, 6.45) is 7.86. The molecule has 1 saturated carbocycles. The van der Waals surface area contributed by atoms with Crippen molar-refractivity contribution in [3.63, 3.8) is 0 Å². The number of aliphatic imine (C=N–C) groups is 1. The summed E-state index contributed by atoms with van der Waals surface area (Å²) in [4.78, 5) is 19.8. The van der Waals surface area contributed by atoms with Crippen molar-refractivity contribution in [3.8, 4) is 0 Å². The van der Waals surface area contributed by atoms with Crippen LogP contribution >= 0.6 is 12.2 Å².